The molecule has 263 valence electrons. The second-order valence-electron chi connectivity index (χ2n) is 13.9. The third kappa shape index (κ3) is 8.17. The largest absolute Gasteiger partial charge is 0.512 e. The van der Waals surface area contributed by atoms with Gasteiger partial charge in [0.2, 0.25) is 0 Å². The second kappa shape index (κ2) is 15.1. The molecule has 0 aliphatic heterocycles. The first-order valence-electron chi connectivity index (χ1n) is 16.2. The van der Waals surface area contributed by atoms with Gasteiger partial charge in [-0.2, -0.15) is 13.2 Å². The number of aryl methyl sites for hydroxylation is 3. The van der Waals surface area contributed by atoms with Crippen LogP contribution >= 0.6 is 11.3 Å². The maximum Gasteiger partial charge on any atom is 0.454 e. The van der Waals surface area contributed by atoms with Crippen LogP contribution in [0.1, 0.15) is 63.3 Å². The Hall–Kier alpha value is -3.91. The molecule has 0 atom stereocenters. The maximum absolute atomic E-state index is 11.6. The number of halogens is 3. The fourth-order valence-corrected chi connectivity index (χ4v) is 7.62. The van der Waals surface area contributed by atoms with E-state index < -0.39 is 17.7 Å². The van der Waals surface area contributed by atoms with Crippen LogP contribution < -0.4 is 0 Å². The normalized spacial score (nSPS) is 12.3. The molecule has 1 N–H and O–H groups in total. The van der Waals surface area contributed by atoms with Crippen LogP contribution in [0.3, 0.4) is 0 Å². The van der Waals surface area contributed by atoms with Crippen molar-refractivity contribution in [1.29, 1.82) is 0 Å². The molecular formula is C41H40F3IrN2O2S-. The van der Waals surface area contributed by atoms with Gasteiger partial charge in [0, 0.05) is 47.9 Å². The van der Waals surface area contributed by atoms with Crippen LogP contribution in [-0.4, -0.2) is 27.0 Å². The fraction of sp³-hybridized carbons (Fsp3) is 0.293. The van der Waals surface area contributed by atoms with Crippen molar-refractivity contribution < 1.29 is 43.2 Å². The van der Waals surface area contributed by atoms with Crippen molar-refractivity contribution >= 4 is 48.9 Å². The van der Waals surface area contributed by atoms with E-state index in [2.05, 4.69) is 108 Å². The van der Waals surface area contributed by atoms with E-state index >= 15 is 0 Å². The number of allylic oxidation sites excluding steroid dienone is 2. The number of rotatable bonds is 5. The Morgan fingerprint density at radius 2 is 1.58 bits per heavy atom. The zero-order valence-corrected chi connectivity index (χ0v) is 32.5. The fourth-order valence-electron chi connectivity index (χ4n) is 6.19. The molecule has 2 heterocycles. The quantitative estimate of drug-likeness (QED) is 0.106. The minimum Gasteiger partial charge on any atom is -0.512 e. The van der Waals surface area contributed by atoms with Crippen LogP contribution in [0.4, 0.5) is 13.2 Å². The molecule has 50 heavy (non-hydrogen) atoms. The smallest absolute Gasteiger partial charge is 0.454 e. The standard InChI is InChI=1S/C33H29N2S.C8H11F3O2.Ir/c1-19-15-22-11-7-9-13-25(22)20(2)28(19)31-21(3)29-32(36-31)30(35-18-34-29)24-16-23-12-8-10-14-26(23)27(17-24)33(4,5)6;1-5(2)3-6(12)4-7(13)8(9,10)11;/h7-15,17-18H,1-6H3;4-5,12H,3H2,1-2H3;/q-1;;/b;6-4-;. The van der Waals surface area contributed by atoms with Crippen LogP contribution in [0.2, 0.25) is 0 Å². The predicted molar refractivity (Wildman–Crippen MR) is 196 cm³/mol. The van der Waals surface area contributed by atoms with Gasteiger partial charge in [-0.25, -0.2) is 4.98 Å². The molecule has 0 bridgehead atoms. The van der Waals surface area contributed by atoms with Crippen molar-refractivity contribution in [3.05, 3.63) is 107 Å². The summed E-state index contributed by atoms with van der Waals surface area (Å²) in [5.41, 5.74) is 9.50. The SMILES string of the molecule is CC(C)C/C(O)=C/C(=O)C(F)(F)F.Cc1cc2ccccc2c(C)c1-c1sc2c(-c3[c-]c4ccccc4c(C(C)(C)C)c3)ncnc2c1C.[Ir]. The molecule has 0 unspecified atom stereocenters. The van der Waals surface area contributed by atoms with Gasteiger partial charge in [-0.1, -0.05) is 94.1 Å². The zero-order chi connectivity index (χ0) is 35.8. The summed E-state index contributed by atoms with van der Waals surface area (Å²) in [6.45, 7) is 16.9. The summed E-state index contributed by atoms with van der Waals surface area (Å²) in [5, 5.41) is 13.9. The minimum absolute atomic E-state index is 0. The topological polar surface area (TPSA) is 63.1 Å². The van der Waals surface area contributed by atoms with Crippen molar-refractivity contribution in [2.24, 2.45) is 5.92 Å². The number of carbonyl (C=O) groups excluding carboxylic acids is 1. The zero-order valence-electron chi connectivity index (χ0n) is 29.3. The Morgan fingerprint density at radius 1 is 0.940 bits per heavy atom. The Morgan fingerprint density at radius 3 is 2.22 bits per heavy atom. The van der Waals surface area contributed by atoms with Gasteiger partial charge < -0.3 is 5.11 Å². The molecule has 0 spiro atoms. The van der Waals surface area contributed by atoms with E-state index in [-0.39, 0.29) is 43.9 Å². The van der Waals surface area contributed by atoms with Crippen LogP contribution in [0.15, 0.2) is 78.8 Å². The van der Waals surface area contributed by atoms with E-state index in [0.717, 1.165) is 26.9 Å². The summed E-state index contributed by atoms with van der Waals surface area (Å²) in [6.07, 6.45) is -2.89. The molecule has 9 heteroatoms. The van der Waals surface area contributed by atoms with Gasteiger partial charge in [-0.15, -0.1) is 40.5 Å². The molecule has 0 aliphatic rings. The van der Waals surface area contributed by atoms with Gasteiger partial charge in [-0.3, -0.25) is 9.78 Å². The number of fused-ring (bicyclic) bond motifs is 3. The van der Waals surface area contributed by atoms with E-state index in [0.29, 0.717) is 0 Å². The molecule has 2 aromatic heterocycles. The van der Waals surface area contributed by atoms with Gasteiger partial charge in [0.15, 0.2) is 0 Å². The third-order valence-electron chi connectivity index (χ3n) is 8.47. The number of aliphatic hydroxyl groups is 1. The Bertz CT molecular complexity index is 2230. The van der Waals surface area contributed by atoms with Gasteiger partial charge in [0.25, 0.3) is 5.78 Å². The number of hydrogen-bond acceptors (Lipinski definition) is 5. The molecule has 6 rings (SSSR count). The molecule has 0 amide bonds. The summed E-state index contributed by atoms with van der Waals surface area (Å²) in [6, 6.07) is 25.5. The van der Waals surface area contributed by atoms with E-state index in [1.807, 2.05) is 11.3 Å². The Balaban J connectivity index is 0.000000345. The second-order valence-corrected chi connectivity index (χ2v) is 14.9. The number of thiophene rings is 1. The number of alkyl halides is 3. The monoisotopic (exact) mass is 874 g/mol. The molecule has 0 aliphatic carbocycles. The van der Waals surface area contributed by atoms with Gasteiger partial charge in [0.1, 0.15) is 6.33 Å². The van der Waals surface area contributed by atoms with E-state index in [1.165, 1.54) is 48.9 Å². The van der Waals surface area contributed by atoms with Crippen LogP contribution in [0, 0.1) is 32.8 Å². The number of ketones is 1. The van der Waals surface area contributed by atoms with Crippen molar-refractivity contribution in [2.45, 2.75) is 73.4 Å². The van der Waals surface area contributed by atoms with E-state index in [1.54, 1.807) is 20.2 Å². The summed E-state index contributed by atoms with van der Waals surface area (Å²) in [7, 11) is 0. The Kier molecular flexibility index (Phi) is 11.8. The van der Waals surface area contributed by atoms with Crippen molar-refractivity contribution in [2.75, 3.05) is 0 Å². The van der Waals surface area contributed by atoms with Gasteiger partial charge in [-0.05, 0) is 65.1 Å². The summed E-state index contributed by atoms with van der Waals surface area (Å²) >= 11 is 1.81. The third-order valence-corrected chi connectivity index (χ3v) is 9.78. The first kappa shape index (κ1) is 38.9. The van der Waals surface area contributed by atoms with Gasteiger partial charge in [0.05, 0.1) is 11.3 Å². The molecule has 4 nitrogen and oxygen atoms in total. The number of aliphatic hydroxyl groups excluding tert-OH is 1. The molecule has 1 radical (unpaired) electrons. The van der Waals surface area contributed by atoms with Crippen LogP contribution in [-0.2, 0) is 30.3 Å². The van der Waals surface area contributed by atoms with Crippen LogP contribution in [0.5, 0.6) is 0 Å². The molecule has 0 saturated carbocycles. The average molecular weight is 874 g/mol. The molecule has 0 saturated heterocycles. The molecule has 4 aromatic carbocycles. The number of aromatic nitrogens is 2. The maximum atomic E-state index is 11.6. The van der Waals surface area contributed by atoms with Crippen molar-refractivity contribution in [3.8, 4) is 21.7 Å². The summed E-state index contributed by atoms with van der Waals surface area (Å²) < 4.78 is 36.1. The minimum atomic E-state index is -4.90. The number of carbonyl (C=O) groups is 1. The summed E-state index contributed by atoms with van der Waals surface area (Å²) in [5.74, 6) is -2.54. The average Bonchev–Trinajstić information content (AvgIpc) is 3.35. The molecule has 0 fully saturated rings. The number of hydrogen-bond donors (Lipinski definition) is 1. The van der Waals surface area contributed by atoms with E-state index in [9.17, 15) is 18.0 Å². The Labute approximate surface area is 308 Å². The number of nitrogens with zero attached hydrogens (tertiary/aromatic N) is 2. The number of benzene rings is 4. The molecule has 6 aromatic rings. The predicted octanol–water partition coefficient (Wildman–Crippen LogP) is 12.0. The van der Waals surface area contributed by atoms with Crippen molar-refractivity contribution in [1.82, 2.24) is 9.97 Å². The first-order valence-corrected chi connectivity index (χ1v) is 17.0. The first-order chi connectivity index (χ1) is 23.0. The van der Waals surface area contributed by atoms with Crippen LogP contribution in [0.25, 0.3) is 53.5 Å². The van der Waals surface area contributed by atoms with Crippen molar-refractivity contribution in [3.63, 3.8) is 0 Å². The molecular weight excluding hydrogens is 834 g/mol. The van der Waals surface area contributed by atoms with Gasteiger partial charge >= 0.3 is 6.18 Å². The van der Waals surface area contributed by atoms with E-state index in [4.69, 9.17) is 15.1 Å². The summed E-state index contributed by atoms with van der Waals surface area (Å²) in [4.78, 5) is 21.1.